The van der Waals surface area contributed by atoms with Crippen LogP contribution in [0.15, 0.2) is 11.1 Å². The van der Waals surface area contributed by atoms with Gasteiger partial charge in [-0.3, -0.25) is 9.59 Å². The molecular weight excluding hydrogens is 248 g/mol. The molecule has 0 aromatic heterocycles. The predicted octanol–water partition coefficient (Wildman–Crippen LogP) is 0.535. The van der Waals surface area contributed by atoms with E-state index in [-0.39, 0.29) is 29.0 Å². The lowest BCUT2D eigenvalue weighted by molar-refractivity contribution is -0.134. The first-order valence-electron chi connectivity index (χ1n) is 6.30. The van der Waals surface area contributed by atoms with Crippen LogP contribution in [0.5, 0.6) is 0 Å². The van der Waals surface area contributed by atoms with Crippen molar-refractivity contribution in [1.29, 1.82) is 0 Å². The first-order chi connectivity index (χ1) is 8.82. The van der Waals surface area contributed by atoms with Crippen LogP contribution >= 0.6 is 0 Å². The number of aliphatic carboxylic acids is 1. The van der Waals surface area contributed by atoms with Crippen molar-refractivity contribution >= 4 is 17.8 Å². The number of nitrogens with one attached hydrogen (secondary N) is 1. The first kappa shape index (κ1) is 15.2. The van der Waals surface area contributed by atoms with Gasteiger partial charge >= 0.3 is 5.97 Å². The average Bonchev–Trinajstić information content (AvgIpc) is 2.35. The van der Waals surface area contributed by atoms with Gasteiger partial charge in [0.1, 0.15) is 0 Å². The maximum Gasteiger partial charge on any atom is 0.331 e. The molecule has 0 radical (unpaired) electrons. The number of hydrogen-bond acceptors (Lipinski definition) is 3. The molecule has 2 amide bonds. The van der Waals surface area contributed by atoms with Crippen LogP contribution in [0.3, 0.4) is 0 Å². The second-order valence-electron chi connectivity index (χ2n) is 4.85. The Bertz CT molecular complexity index is 428. The van der Waals surface area contributed by atoms with Gasteiger partial charge in [0.25, 0.3) is 0 Å². The van der Waals surface area contributed by atoms with Gasteiger partial charge in [-0.1, -0.05) is 0 Å². The lowest BCUT2D eigenvalue weighted by Crippen LogP contribution is -2.49. The largest absolute Gasteiger partial charge is 0.478 e. The van der Waals surface area contributed by atoms with Gasteiger partial charge in [0.15, 0.2) is 0 Å². The van der Waals surface area contributed by atoms with Gasteiger partial charge in [-0.15, -0.1) is 0 Å². The van der Waals surface area contributed by atoms with E-state index in [1.165, 1.54) is 20.8 Å². The molecule has 6 heteroatoms. The molecule has 1 rings (SSSR count). The number of nitrogens with zero attached hydrogens (tertiary/aromatic N) is 1. The summed E-state index contributed by atoms with van der Waals surface area (Å²) in [6.07, 6.45) is 1.64. The minimum Gasteiger partial charge on any atom is -0.478 e. The van der Waals surface area contributed by atoms with E-state index in [0.29, 0.717) is 13.1 Å². The van der Waals surface area contributed by atoms with Crippen molar-refractivity contribution in [3.05, 3.63) is 11.1 Å². The molecule has 2 N–H and O–H groups in total. The summed E-state index contributed by atoms with van der Waals surface area (Å²) in [5, 5.41) is 11.7. The van der Waals surface area contributed by atoms with E-state index < -0.39 is 5.97 Å². The second kappa shape index (κ2) is 6.36. The molecule has 0 aromatic carbocycles. The van der Waals surface area contributed by atoms with Gasteiger partial charge in [-0.05, 0) is 26.7 Å². The second-order valence-corrected chi connectivity index (χ2v) is 4.85. The van der Waals surface area contributed by atoms with Crippen molar-refractivity contribution in [2.24, 2.45) is 0 Å². The molecule has 1 atom stereocenters. The smallest absolute Gasteiger partial charge is 0.331 e. The standard InChI is InChI=1S/C13H20N2O4/c1-8(9(2)13(18)19)12(17)15-6-4-5-11(7-15)14-10(3)16/h11H,4-7H2,1-3H3,(H,14,16)(H,18,19)/b9-8-. The molecule has 106 valence electrons. The Labute approximate surface area is 112 Å². The summed E-state index contributed by atoms with van der Waals surface area (Å²) in [7, 11) is 0. The van der Waals surface area contributed by atoms with Crippen molar-refractivity contribution in [2.45, 2.75) is 39.7 Å². The Morgan fingerprint density at radius 1 is 1.16 bits per heavy atom. The van der Waals surface area contributed by atoms with Crippen LogP contribution in [0.1, 0.15) is 33.6 Å². The van der Waals surface area contributed by atoms with E-state index in [1.54, 1.807) is 4.90 Å². The van der Waals surface area contributed by atoms with Crippen molar-refractivity contribution < 1.29 is 19.5 Å². The van der Waals surface area contributed by atoms with Gasteiger partial charge in [0.2, 0.25) is 11.8 Å². The van der Waals surface area contributed by atoms with Crippen LogP contribution in [-0.2, 0) is 14.4 Å². The highest BCUT2D eigenvalue weighted by Crippen LogP contribution is 2.15. The highest BCUT2D eigenvalue weighted by atomic mass is 16.4. The fourth-order valence-electron chi connectivity index (χ4n) is 2.12. The number of carbonyl (C=O) groups is 3. The maximum absolute atomic E-state index is 12.2. The fraction of sp³-hybridized carbons (Fsp3) is 0.615. The Hall–Kier alpha value is -1.85. The summed E-state index contributed by atoms with van der Waals surface area (Å²) in [6.45, 7) is 5.42. The minimum atomic E-state index is -1.08. The van der Waals surface area contributed by atoms with Crippen molar-refractivity contribution in [3.63, 3.8) is 0 Å². The van der Waals surface area contributed by atoms with Gasteiger partial charge in [-0.25, -0.2) is 4.79 Å². The monoisotopic (exact) mass is 268 g/mol. The quantitative estimate of drug-likeness (QED) is 0.731. The number of carboxylic acid groups (broad SMARTS) is 1. The molecule has 1 unspecified atom stereocenters. The number of carboxylic acids is 1. The van der Waals surface area contributed by atoms with E-state index in [9.17, 15) is 14.4 Å². The van der Waals surface area contributed by atoms with Crippen molar-refractivity contribution in [3.8, 4) is 0 Å². The van der Waals surface area contributed by atoms with Crippen molar-refractivity contribution in [2.75, 3.05) is 13.1 Å². The summed E-state index contributed by atoms with van der Waals surface area (Å²) in [5.41, 5.74) is 0.308. The number of carbonyl (C=O) groups excluding carboxylic acids is 2. The van der Waals surface area contributed by atoms with Crippen LogP contribution < -0.4 is 5.32 Å². The van der Waals surface area contributed by atoms with E-state index in [0.717, 1.165) is 12.8 Å². The highest BCUT2D eigenvalue weighted by Gasteiger charge is 2.26. The zero-order chi connectivity index (χ0) is 14.6. The summed E-state index contributed by atoms with van der Waals surface area (Å²) in [6, 6.07) is -0.0480. The zero-order valence-electron chi connectivity index (χ0n) is 11.5. The summed E-state index contributed by atoms with van der Waals surface area (Å²) >= 11 is 0. The molecule has 0 aliphatic carbocycles. The third-order valence-electron chi connectivity index (χ3n) is 3.32. The maximum atomic E-state index is 12.2. The normalized spacial score (nSPS) is 20.6. The zero-order valence-corrected chi connectivity index (χ0v) is 11.5. The average molecular weight is 268 g/mol. The third-order valence-corrected chi connectivity index (χ3v) is 3.32. The molecule has 1 aliphatic heterocycles. The number of likely N-dealkylation sites (tertiary alicyclic amines) is 1. The molecular formula is C13H20N2O4. The van der Waals surface area contributed by atoms with E-state index in [1.807, 2.05) is 0 Å². The van der Waals surface area contributed by atoms with E-state index in [4.69, 9.17) is 5.11 Å². The Morgan fingerprint density at radius 3 is 2.32 bits per heavy atom. The van der Waals surface area contributed by atoms with Crippen molar-refractivity contribution in [1.82, 2.24) is 10.2 Å². The summed E-state index contributed by atoms with van der Waals surface area (Å²) in [5.74, 6) is -1.47. The number of piperidine rings is 1. The molecule has 0 bridgehead atoms. The van der Waals surface area contributed by atoms with Crippen LogP contribution in [0.2, 0.25) is 0 Å². The van der Waals surface area contributed by atoms with Gasteiger partial charge in [0, 0.05) is 37.2 Å². The molecule has 0 aromatic rings. The summed E-state index contributed by atoms with van der Waals surface area (Å²) < 4.78 is 0. The Morgan fingerprint density at radius 2 is 1.79 bits per heavy atom. The van der Waals surface area contributed by atoms with Crippen LogP contribution in [0, 0.1) is 0 Å². The van der Waals surface area contributed by atoms with Crippen LogP contribution in [0.4, 0.5) is 0 Å². The lowest BCUT2D eigenvalue weighted by atomic mass is 10.0. The first-order valence-corrected chi connectivity index (χ1v) is 6.30. The number of rotatable bonds is 3. The molecule has 1 saturated heterocycles. The van der Waals surface area contributed by atoms with E-state index in [2.05, 4.69) is 5.32 Å². The van der Waals surface area contributed by atoms with Gasteiger partial charge in [-0.2, -0.15) is 0 Å². The topological polar surface area (TPSA) is 86.7 Å². The third kappa shape index (κ3) is 4.08. The van der Waals surface area contributed by atoms with Crippen LogP contribution in [0.25, 0.3) is 0 Å². The number of hydrogen-bond donors (Lipinski definition) is 2. The molecule has 6 nitrogen and oxygen atoms in total. The van der Waals surface area contributed by atoms with E-state index >= 15 is 0 Å². The fourth-order valence-corrected chi connectivity index (χ4v) is 2.12. The highest BCUT2D eigenvalue weighted by molar-refractivity contribution is 6.01. The van der Waals surface area contributed by atoms with Crippen LogP contribution in [-0.4, -0.2) is 46.9 Å². The predicted molar refractivity (Wildman–Crippen MR) is 69.4 cm³/mol. The minimum absolute atomic E-state index is 0.0480. The molecule has 0 saturated carbocycles. The molecule has 1 fully saturated rings. The molecule has 19 heavy (non-hydrogen) atoms. The SMILES string of the molecule is CC(=O)NC1CCCN(C(=O)/C(C)=C(/C)C(=O)O)C1. The summed E-state index contributed by atoms with van der Waals surface area (Å²) in [4.78, 5) is 35.6. The Balaban J connectivity index is 2.75. The number of amides is 2. The molecule has 1 aliphatic rings. The molecule has 1 heterocycles. The Kier molecular flexibility index (Phi) is 5.09. The lowest BCUT2D eigenvalue weighted by Gasteiger charge is -2.33. The van der Waals surface area contributed by atoms with Gasteiger partial charge in [0.05, 0.1) is 0 Å². The van der Waals surface area contributed by atoms with Gasteiger partial charge < -0.3 is 15.3 Å². The molecule has 0 spiro atoms.